The highest BCUT2D eigenvalue weighted by Crippen LogP contribution is 2.22. The van der Waals surface area contributed by atoms with Crippen molar-refractivity contribution >= 4 is 28.4 Å². The predicted octanol–water partition coefficient (Wildman–Crippen LogP) is 4.80. The van der Waals surface area contributed by atoms with Crippen LogP contribution in [0.4, 0.5) is 0 Å². The number of ether oxygens (including phenoxy) is 2. The Bertz CT molecular complexity index is 1520. The van der Waals surface area contributed by atoms with Gasteiger partial charge in [0.2, 0.25) is 5.43 Å². The lowest BCUT2D eigenvalue weighted by molar-refractivity contribution is 0.0669. The zero-order chi connectivity index (χ0) is 30.1. The van der Waals surface area contributed by atoms with Gasteiger partial charge in [0.05, 0.1) is 31.4 Å². The summed E-state index contributed by atoms with van der Waals surface area (Å²) in [4.78, 5) is 29.0. The zero-order valence-electron chi connectivity index (χ0n) is 24.3. The summed E-state index contributed by atoms with van der Waals surface area (Å²) in [5.41, 5.74) is 3.06. The van der Waals surface area contributed by atoms with E-state index in [4.69, 9.17) is 21.1 Å². The quantitative estimate of drug-likeness (QED) is 0.205. The fraction of sp³-hybridized carbons (Fsp3) is 0.333. The molecule has 1 heterocycles. The normalized spacial score (nSPS) is 12.9. The van der Waals surface area contributed by atoms with E-state index in [9.17, 15) is 14.7 Å². The number of halogens is 1. The van der Waals surface area contributed by atoms with Crippen molar-refractivity contribution in [2.75, 3.05) is 34.0 Å². The first-order valence-electron chi connectivity index (χ1n) is 14.0. The second-order valence-corrected chi connectivity index (χ2v) is 10.8. The zero-order valence-corrected chi connectivity index (χ0v) is 25.0. The maximum atomic E-state index is 13.7. The molecule has 9 heteroatoms. The number of hydrogen-bond donors (Lipinski definition) is 2. The van der Waals surface area contributed by atoms with E-state index in [0.29, 0.717) is 48.8 Å². The average Bonchev–Trinajstić information content (AvgIpc) is 3.01. The summed E-state index contributed by atoms with van der Waals surface area (Å²) in [5, 5.41) is 14.8. The minimum absolute atomic E-state index is 0.0618. The van der Waals surface area contributed by atoms with Crippen LogP contribution < -0.4 is 10.7 Å². The largest absolute Gasteiger partial charge is 0.387 e. The topological polar surface area (TPSA) is 93.0 Å². The van der Waals surface area contributed by atoms with Crippen molar-refractivity contribution in [1.82, 2.24) is 14.8 Å². The Hall–Kier alpha value is -3.53. The average molecular weight is 592 g/mol. The van der Waals surface area contributed by atoms with Crippen LogP contribution in [-0.2, 0) is 29.1 Å². The number of amides is 1. The van der Waals surface area contributed by atoms with Crippen molar-refractivity contribution in [3.63, 3.8) is 0 Å². The molecule has 0 saturated heterocycles. The molecule has 0 aliphatic rings. The number of fused-ring (bicyclic) bond motifs is 1. The molecular formula is C33H38ClN3O5. The van der Waals surface area contributed by atoms with E-state index in [1.165, 1.54) is 0 Å². The first-order chi connectivity index (χ1) is 20.3. The second-order valence-electron chi connectivity index (χ2n) is 10.3. The standard InChI is InChI=1S/C33H38ClN3O5/c1-23(31(38)26-7-5-4-6-8-26)36(2)21-25-11-14-30-28(19-25)32(39)29(22-37(30)15-16-42-18-17-41-3)33(40)35-20-24-9-12-27(34)13-10-24/h4-14,19,22-23,31,38H,15-18,20-21H2,1-3H3,(H,35,40). The molecule has 2 unspecified atom stereocenters. The van der Waals surface area contributed by atoms with Crippen molar-refractivity contribution in [3.05, 3.63) is 116 Å². The van der Waals surface area contributed by atoms with E-state index in [0.717, 1.165) is 16.7 Å². The Morgan fingerprint density at radius 2 is 1.74 bits per heavy atom. The molecule has 2 atom stereocenters. The van der Waals surface area contributed by atoms with Gasteiger partial charge in [0, 0.05) is 49.4 Å². The highest BCUT2D eigenvalue weighted by Gasteiger charge is 2.21. The molecule has 1 aromatic heterocycles. The van der Waals surface area contributed by atoms with Gasteiger partial charge in [-0.25, -0.2) is 0 Å². The molecule has 222 valence electrons. The number of nitrogens with zero attached hydrogens (tertiary/aromatic N) is 2. The monoisotopic (exact) mass is 591 g/mol. The second kappa shape index (κ2) is 15.1. The van der Waals surface area contributed by atoms with Crippen molar-refractivity contribution in [2.45, 2.75) is 38.7 Å². The van der Waals surface area contributed by atoms with Gasteiger partial charge >= 0.3 is 0 Å². The molecule has 0 radical (unpaired) electrons. The molecule has 3 aromatic carbocycles. The molecule has 0 fully saturated rings. The molecule has 8 nitrogen and oxygen atoms in total. The minimum atomic E-state index is -0.664. The summed E-state index contributed by atoms with van der Waals surface area (Å²) in [7, 11) is 3.56. The number of aromatic nitrogens is 1. The summed E-state index contributed by atoms with van der Waals surface area (Å²) in [6.07, 6.45) is 0.939. The molecule has 0 aliphatic carbocycles. The number of carbonyl (C=O) groups is 1. The van der Waals surface area contributed by atoms with Crippen LogP contribution in [-0.4, -0.2) is 60.5 Å². The van der Waals surface area contributed by atoms with E-state index in [1.54, 1.807) is 25.4 Å². The van der Waals surface area contributed by atoms with E-state index in [1.807, 2.05) is 84.1 Å². The summed E-state index contributed by atoms with van der Waals surface area (Å²) in [5.74, 6) is -0.451. The van der Waals surface area contributed by atoms with Gasteiger partial charge in [-0.05, 0) is 54.9 Å². The van der Waals surface area contributed by atoms with E-state index < -0.39 is 12.0 Å². The number of aliphatic hydroxyl groups excluding tert-OH is 1. The highest BCUT2D eigenvalue weighted by molar-refractivity contribution is 6.30. The number of aliphatic hydroxyl groups is 1. The van der Waals surface area contributed by atoms with Gasteiger partial charge in [0.15, 0.2) is 0 Å². The molecule has 42 heavy (non-hydrogen) atoms. The number of carbonyl (C=O) groups excluding carboxylic acids is 1. The van der Waals surface area contributed by atoms with Crippen molar-refractivity contribution in [3.8, 4) is 0 Å². The number of nitrogens with one attached hydrogen (secondary N) is 1. The number of hydrogen-bond acceptors (Lipinski definition) is 6. The van der Waals surface area contributed by atoms with Gasteiger partial charge < -0.3 is 24.5 Å². The third-order valence-corrected chi connectivity index (χ3v) is 7.64. The number of likely N-dealkylation sites (N-methyl/N-ethyl adjacent to an activating group) is 1. The number of benzene rings is 3. The van der Waals surface area contributed by atoms with Crippen LogP contribution >= 0.6 is 11.6 Å². The van der Waals surface area contributed by atoms with Crippen LogP contribution in [0.25, 0.3) is 10.9 Å². The Morgan fingerprint density at radius 1 is 1.02 bits per heavy atom. The van der Waals surface area contributed by atoms with E-state index in [2.05, 4.69) is 5.32 Å². The smallest absolute Gasteiger partial charge is 0.257 e. The molecule has 0 aliphatic heterocycles. The fourth-order valence-corrected chi connectivity index (χ4v) is 4.90. The Labute approximate surface area is 251 Å². The van der Waals surface area contributed by atoms with Crippen LogP contribution in [0, 0.1) is 0 Å². The number of rotatable bonds is 14. The summed E-state index contributed by atoms with van der Waals surface area (Å²) in [6.45, 7) is 4.53. The lowest BCUT2D eigenvalue weighted by Gasteiger charge is -2.29. The molecule has 4 rings (SSSR count). The van der Waals surface area contributed by atoms with Gasteiger partial charge in [-0.2, -0.15) is 0 Å². The van der Waals surface area contributed by atoms with Crippen LogP contribution in [0.3, 0.4) is 0 Å². The maximum Gasteiger partial charge on any atom is 0.257 e. The Kier molecular flexibility index (Phi) is 11.3. The lowest BCUT2D eigenvalue weighted by Crippen LogP contribution is -2.34. The Morgan fingerprint density at radius 3 is 2.45 bits per heavy atom. The molecular weight excluding hydrogens is 554 g/mol. The van der Waals surface area contributed by atoms with Gasteiger partial charge in [-0.15, -0.1) is 0 Å². The predicted molar refractivity (Wildman–Crippen MR) is 166 cm³/mol. The van der Waals surface area contributed by atoms with Gasteiger partial charge in [-0.1, -0.05) is 60.1 Å². The SMILES string of the molecule is COCCOCCn1cc(C(=O)NCc2ccc(Cl)cc2)c(=O)c2cc(CN(C)C(C)C(O)c3ccccc3)ccc21. The Balaban J connectivity index is 1.59. The first-order valence-corrected chi connectivity index (χ1v) is 14.3. The third kappa shape index (κ3) is 8.06. The first kappa shape index (κ1) is 31.4. The van der Waals surface area contributed by atoms with Gasteiger partial charge in [-0.3, -0.25) is 14.5 Å². The van der Waals surface area contributed by atoms with Crippen molar-refractivity contribution < 1.29 is 19.4 Å². The number of pyridine rings is 1. The summed E-state index contributed by atoms with van der Waals surface area (Å²) in [6, 6.07) is 22.3. The molecule has 0 spiro atoms. The van der Waals surface area contributed by atoms with Crippen molar-refractivity contribution in [2.24, 2.45) is 0 Å². The summed E-state index contributed by atoms with van der Waals surface area (Å²) >= 11 is 5.97. The number of methoxy groups -OCH3 is 1. The van der Waals surface area contributed by atoms with E-state index in [-0.39, 0.29) is 23.6 Å². The molecule has 1 amide bonds. The van der Waals surface area contributed by atoms with Crippen molar-refractivity contribution in [1.29, 1.82) is 0 Å². The molecule has 4 aromatic rings. The maximum absolute atomic E-state index is 13.7. The van der Waals surface area contributed by atoms with E-state index >= 15 is 0 Å². The van der Waals surface area contributed by atoms with Gasteiger partial charge in [0.25, 0.3) is 5.91 Å². The van der Waals surface area contributed by atoms with Gasteiger partial charge in [0.1, 0.15) is 5.56 Å². The highest BCUT2D eigenvalue weighted by atomic mass is 35.5. The van der Waals surface area contributed by atoms with Crippen LogP contribution in [0.2, 0.25) is 5.02 Å². The van der Waals surface area contributed by atoms with Crippen LogP contribution in [0.15, 0.2) is 83.8 Å². The fourth-order valence-electron chi connectivity index (χ4n) is 4.78. The third-order valence-electron chi connectivity index (χ3n) is 7.39. The van der Waals surface area contributed by atoms with Crippen LogP contribution in [0.5, 0.6) is 0 Å². The van der Waals surface area contributed by atoms with Crippen LogP contribution in [0.1, 0.15) is 40.1 Å². The molecule has 0 saturated carbocycles. The summed E-state index contributed by atoms with van der Waals surface area (Å²) < 4.78 is 12.6. The lowest BCUT2D eigenvalue weighted by atomic mass is 10.0. The minimum Gasteiger partial charge on any atom is -0.387 e. The molecule has 2 N–H and O–H groups in total. The molecule has 0 bridgehead atoms.